The summed E-state index contributed by atoms with van der Waals surface area (Å²) in [6.07, 6.45) is 4.40. The number of aromatic nitrogens is 4. The molecule has 0 aromatic carbocycles. The van der Waals surface area contributed by atoms with E-state index in [1.54, 1.807) is 0 Å². The Kier molecular flexibility index (Phi) is 8.41. The van der Waals surface area contributed by atoms with E-state index in [0.29, 0.717) is 36.1 Å². The number of nitrogens with one attached hydrogen (secondary N) is 2. The summed E-state index contributed by atoms with van der Waals surface area (Å²) < 4.78 is 31.7. The third-order valence-electron chi connectivity index (χ3n) is 7.39. The molecule has 10 nitrogen and oxygen atoms in total. The zero-order valence-corrected chi connectivity index (χ0v) is 21.2. The Labute approximate surface area is 218 Å². The summed E-state index contributed by atoms with van der Waals surface area (Å²) in [6.45, 7) is 3.26. The van der Waals surface area contributed by atoms with E-state index in [1.165, 1.54) is 50.6 Å². The van der Waals surface area contributed by atoms with Crippen LogP contribution in [0.5, 0.6) is 0 Å². The standard InChI is InChI=1S/C23H32N6O2.C2HF3O2/c1-14-9-20(25-21-11-19(27-28-21)16-7-8-16)26-23(24-14)29-12-17(10-18(13-29)22(30)31)15-5-3-2-4-6-15;3-2(4,5)1(6)7/h9,11,15-18H,2-8,10,12-13H2,1H3,(H,30,31)(H2,24,25,26,27,28);(H,6,7)/t17-,18+;/m0./s1. The first-order valence-electron chi connectivity index (χ1n) is 13.0. The van der Waals surface area contributed by atoms with Crippen LogP contribution in [0, 0.1) is 24.7 Å². The molecule has 1 saturated heterocycles. The summed E-state index contributed by atoms with van der Waals surface area (Å²) in [5.41, 5.74) is 2.03. The highest BCUT2D eigenvalue weighted by Gasteiger charge is 2.38. The molecule has 3 fully saturated rings. The first-order valence-corrected chi connectivity index (χ1v) is 13.0. The number of alkyl halides is 3. The van der Waals surface area contributed by atoms with E-state index < -0.39 is 18.1 Å². The lowest BCUT2D eigenvalue weighted by Gasteiger charge is -2.41. The summed E-state index contributed by atoms with van der Waals surface area (Å²) in [7, 11) is 0. The Morgan fingerprint density at radius 1 is 1.00 bits per heavy atom. The summed E-state index contributed by atoms with van der Waals surface area (Å²) in [5.74, 6) is -0.136. The molecular weight excluding hydrogens is 505 g/mol. The largest absolute Gasteiger partial charge is 0.490 e. The number of aliphatic carboxylic acids is 2. The van der Waals surface area contributed by atoms with Gasteiger partial charge in [0.05, 0.1) is 5.92 Å². The fourth-order valence-electron chi connectivity index (χ4n) is 5.32. The van der Waals surface area contributed by atoms with Crippen LogP contribution in [0.15, 0.2) is 12.1 Å². The smallest absolute Gasteiger partial charge is 0.481 e. The molecule has 3 aliphatic rings. The van der Waals surface area contributed by atoms with Gasteiger partial charge >= 0.3 is 18.1 Å². The molecule has 208 valence electrons. The third-order valence-corrected chi connectivity index (χ3v) is 7.39. The van der Waals surface area contributed by atoms with E-state index in [4.69, 9.17) is 14.9 Å². The van der Waals surface area contributed by atoms with Crippen LogP contribution in [0.25, 0.3) is 0 Å². The van der Waals surface area contributed by atoms with Crippen molar-refractivity contribution in [1.29, 1.82) is 0 Å². The van der Waals surface area contributed by atoms with Gasteiger partial charge < -0.3 is 20.4 Å². The Hall–Kier alpha value is -3.38. The number of rotatable bonds is 6. The predicted molar refractivity (Wildman–Crippen MR) is 132 cm³/mol. The van der Waals surface area contributed by atoms with Crippen molar-refractivity contribution in [3.63, 3.8) is 0 Å². The maximum absolute atomic E-state index is 11.9. The van der Waals surface area contributed by atoms with Gasteiger partial charge in [-0.1, -0.05) is 32.1 Å². The van der Waals surface area contributed by atoms with Gasteiger partial charge in [0, 0.05) is 42.5 Å². The van der Waals surface area contributed by atoms with Crippen molar-refractivity contribution in [1.82, 2.24) is 20.2 Å². The number of carbonyl (C=O) groups is 2. The number of anilines is 3. The number of halogens is 3. The maximum atomic E-state index is 11.9. The van der Waals surface area contributed by atoms with Gasteiger partial charge in [0.2, 0.25) is 5.95 Å². The van der Waals surface area contributed by atoms with Crippen molar-refractivity contribution < 1.29 is 33.0 Å². The minimum Gasteiger partial charge on any atom is -0.481 e. The third kappa shape index (κ3) is 7.35. The van der Waals surface area contributed by atoms with Crippen LogP contribution in [-0.2, 0) is 9.59 Å². The molecule has 0 spiro atoms. The van der Waals surface area contributed by atoms with Crippen molar-refractivity contribution in [2.75, 3.05) is 23.3 Å². The molecule has 0 amide bonds. The molecule has 13 heteroatoms. The lowest BCUT2D eigenvalue weighted by Crippen LogP contribution is -2.46. The summed E-state index contributed by atoms with van der Waals surface area (Å²) in [5, 5.41) is 27.7. The van der Waals surface area contributed by atoms with Crippen molar-refractivity contribution >= 4 is 29.5 Å². The SMILES string of the molecule is Cc1cc(Nc2cc(C3CC3)[nH]n2)nc(N2C[C@H](C(=O)O)C[C@H](C3CCCCC3)C2)n1.O=C(O)C(F)(F)F. The molecule has 4 N–H and O–H groups in total. The van der Waals surface area contributed by atoms with Crippen molar-refractivity contribution in [3.8, 4) is 0 Å². The predicted octanol–water partition coefficient (Wildman–Crippen LogP) is 4.87. The van der Waals surface area contributed by atoms with Crippen LogP contribution in [0.1, 0.15) is 68.7 Å². The second-order valence-electron chi connectivity index (χ2n) is 10.4. The molecule has 2 atom stereocenters. The van der Waals surface area contributed by atoms with Crippen molar-refractivity contribution in [2.45, 2.75) is 70.4 Å². The van der Waals surface area contributed by atoms with Crippen molar-refractivity contribution in [2.24, 2.45) is 17.8 Å². The Morgan fingerprint density at radius 2 is 1.68 bits per heavy atom. The van der Waals surface area contributed by atoms with Gasteiger partial charge in [-0.25, -0.2) is 9.78 Å². The van der Waals surface area contributed by atoms with E-state index in [2.05, 4.69) is 31.5 Å². The average Bonchev–Trinajstić information content (AvgIpc) is 3.62. The van der Waals surface area contributed by atoms with Gasteiger partial charge in [-0.3, -0.25) is 9.89 Å². The number of hydrogen-bond acceptors (Lipinski definition) is 7. The highest BCUT2D eigenvalue weighted by atomic mass is 19.4. The molecule has 0 bridgehead atoms. The number of carboxylic acid groups (broad SMARTS) is 2. The summed E-state index contributed by atoms with van der Waals surface area (Å²) >= 11 is 0. The molecule has 2 aromatic heterocycles. The highest BCUT2D eigenvalue weighted by Crippen LogP contribution is 2.40. The van der Waals surface area contributed by atoms with Gasteiger partial charge in [0.1, 0.15) is 5.82 Å². The Bertz CT molecular complexity index is 1130. The number of hydrogen-bond donors (Lipinski definition) is 4. The molecular formula is C25H33F3N6O4. The van der Waals surface area contributed by atoms with Crippen LogP contribution < -0.4 is 10.2 Å². The van der Waals surface area contributed by atoms with E-state index in [-0.39, 0.29) is 5.92 Å². The molecule has 2 aliphatic carbocycles. The van der Waals surface area contributed by atoms with Crippen LogP contribution in [0.2, 0.25) is 0 Å². The topological polar surface area (TPSA) is 144 Å². The molecule has 0 radical (unpaired) electrons. The molecule has 3 heterocycles. The van der Waals surface area contributed by atoms with Gasteiger partial charge in [0.15, 0.2) is 5.82 Å². The number of carboxylic acids is 2. The lowest BCUT2D eigenvalue weighted by atomic mass is 9.74. The Balaban J connectivity index is 0.000000426. The van der Waals surface area contributed by atoms with Crippen LogP contribution in [0.4, 0.5) is 30.8 Å². The van der Waals surface area contributed by atoms with E-state index >= 15 is 0 Å². The molecule has 2 aromatic rings. The second kappa shape index (κ2) is 11.6. The summed E-state index contributed by atoms with van der Waals surface area (Å²) in [4.78, 5) is 32.3. The monoisotopic (exact) mass is 538 g/mol. The minimum absolute atomic E-state index is 0.367. The zero-order chi connectivity index (χ0) is 27.4. The first kappa shape index (κ1) is 27.6. The van der Waals surface area contributed by atoms with Crippen LogP contribution >= 0.6 is 0 Å². The van der Waals surface area contributed by atoms with E-state index in [0.717, 1.165) is 24.5 Å². The fourth-order valence-corrected chi connectivity index (χ4v) is 5.32. The Morgan fingerprint density at radius 3 is 2.29 bits per heavy atom. The number of H-pyrrole nitrogens is 1. The van der Waals surface area contributed by atoms with Gasteiger partial charge in [-0.15, -0.1) is 0 Å². The summed E-state index contributed by atoms with van der Waals surface area (Å²) in [6, 6.07) is 3.96. The quantitative estimate of drug-likeness (QED) is 0.405. The molecule has 0 unspecified atom stereocenters. The number of aromatic amines is 1. The maximum Gasteiger partial charge on any atom is 0.490 e. The minimum atomic E-state index is -5.08. The normalized spacial score (nSPS) is 22.4. The second-order valence-corrected chi connectivity index (χ2v) is 10.4. The fraction of sp³-hybridized carbons (Fsp3) is 0.640. The molecule has 1 aliphatic heterocycles. The average molecular weight is 539 g/mol. The molecule has 38 heavy (non-hydrogen) atoms. The first-order chi connectivity index (χ1) is 18.0. The van der Waals surface area contributed by atoms with Gasteiger partial charge in [-0.2, -0.15) is 23.3 Å². The zero-order valence-electron chi connectivity index (χ0n) is 21.2. The van der Waals surface area contributed by atoms with Crippen molar-refractivity contribution in [3.05, 3.63) is 23.5 Å². The van der Waals surface area contributed by atoms with E-state index in [1.807, 2.05) is 13.0 Å². The molecule has 2 saturated carbocycles. The lowest BCUT2D eigenvalue weighted by molar-refractivity contribution is -0.192. The highest BCUT2D eigenvalue weighted by molar-refractivity contribution is 5.73. The van der Waals surface area contributed by atoms with E-state index in [9.17, 15) is 23.1 Å². The van der Waals surface area contributed by atoms with Crippen LogP contribution in [-0.4, -0.2) is 61.6 Å². The number of nitrogens with zero attached hydrogens (tertiary/aromatic N) is 4. The van der Waals surface area contributed by atoms with Gasteiger partial charge in [-0.05, 0) is 38.0 Å². The van der Waals surface area contributed by atoms with Crippen LogP contribution in [0.3, 0.4) is 0 Å². The van der Waals surface area contributed by atoms with Gasteiger partial charge in [0.25, 0.3) is 0 Å². The number of aryl methyl sites for hydroxylation is 1. The number of piperidine rings is 1. The molecule has 5 rings (SSSR count).